The maximum absolute atomic E-state index is 13.5. The molecule has 0 radical (unpaired) electrons. The van der Waals surface area contributed by atoms with Crippen LogP contribution in [0.1, 0.15) is 16.7 Å². The number of hydrogen-bond acceptors (Lipinski definition) is 5. The molecule has 0 aliphatic carbocycles. The van der Waals surface area contributed by atoms with Crippen LogP contribution in [0.3, 0.4) is 0 Å². The van der Waals surface area contributed by atoms with Crippen molar-refractivity contribution in [1.29, 1.82) is 0 Å². The van der Waals surface area contributed by atoms with Gasteiger partial charge >= 0.3 is 6.03 Å². The predicted molar refractivity (Wildman–Crippen MR) is 149 cm³/mol. The maximum atomic E-state index is 13.5. The summed E-state index contributed by atoms with van der Waals surface area (Å²) in [4.78, 5) is 40.0. The molecule has 0 bridgehead atoms. The van der Waals surface area contributed by atoms with E-state index in [2.05, 4.69) is 11.2 Å². The van der Waals surface area contributed by atoms with E-state index >= 15 is 0 Å². The second-order valence-corrected chi connectivity index (χ2v) is 8.92. The Morgan fingerprint density at radius 2 is 1.64 bits per heavy atom. The van der Waals surface area contributed by atoms with Crippen LogP contribution in [0, 0.1) is 19.3 Å². The van der Waals surface area contributed by atoms with Gasteiger partial charge in [-0.1, -0.05) is 66.1 Å². The Balaban J connectivity index is 1.44. The van der Waals surface area contributed by atoms with Crippen molar-refractivity contribution in [3.63, 3.8) is 0 Å². The first-order valence-electron chi connectivity index (χ1n) is 12.2. The van der Waals surface area contributed by atoms with Crippen molar-refractivity contribution in [2.45, 2.75) is 13.5 Å². The van der Waals surface area contributed by atoms with Crippen LogP contribution in [0.4, 0.5) is 10.5 Å². The average Bonchev–Trinajstić information content (AvgIpc) is 2.94. The summed E-state index contributed by atoms with van der Waals surface area (Å²) in [7, 11) is 0. The molecule has 1 saturated heterocycles. The number of urea groups is 1. The lowest BCUT2D eigenvalue weighted by Crippen LogP contribution is -2.54. The number of rotatable bonds is 7. The summed E-state index contributed by atoms with van der Waals surface area (Å²) >= 11 is 0. The number of imide groups is 2. The molecule has 0 unspecified atom stereocenters. The van der Waals surface area contributed by atoms with Crippen molar-refractivity contribution in [1.82, 2.24) is 5.32 Å². The molecule has 4 aromatic carbocycles. The van der Waals surface area contributed by atoms with E-state index in [-0.39, 0.29) is 12.2 Å². The van der Waals surface area contributed by atoms with Crippen LogP contribution in [0.2, 0.25) is 0 Å². The molecule has 1 heterocycles. The maximum Gasteiger partial charge on any atom is 0.335 e. The first-order chi connectivity index (χ1) is 18.9. The van der Waals surface area contributed by atoms with Crippen molar-refractivity contribution in [2.75, 3.05) is 11.5 Å². The normalized spacial score (nSPS) is 14.3. The van der Waals surface area contributed by atoms with Crippen LogP contribution in [-0.2, 0) is 16.2 Å². The lowest BCUT2D eigenvalue weighted by atomic mass is 9.99. The SMILES string of the molecule is C#CCOc1ccc2ccccc2c1/C=C1\C(=O)NC(=O)N(c2ccc(OCc3ccc(C)cc3)cc2)C1=O. The van der Waals surface area contributed by atoms with Gasteiger partial charge in [0.2, 0.25) is 0 Å². The number of benzene rings is 4. The summed E-state index contributed by atoms with van der Waals surface area (Å²) in [6, 6.07) is 24.8. The van der Waals surface area contributed by atoms with E-state index < -0.39 is 17.8 Å². The molecule has 0 aromatic heterocycles. The standard InChI is InChI=1S/C32H24N2O5/c1-3-18-38-29-17-12-23-6-4-5-7-26(23)27(29)19-28-30(35)33-32(37)34(31(28)36)24-13-15-25(16-14-24)39-20-22-10-8-21(2)9-11-22/h1,4-17,19H,18,20H2,2H3,(H,33,35,37)/b28-19+. The largest absolute Gasteiger partial charge is 0.489 e. The number of barbiturate groups is 1. The highest BCUT2D eigenvalue weighted by Gasteiger charge is 2.37. The number of nitrogens with zero attached hydrogens (tertiary/aromatic N) is 1. The summed E-state index contributed by atoms with van der Waals surface area (Å²) in [6.07, 6.45) is 6.80. The van der Waals surface area contributed by atoms with Gasteiger partial charge in [-0.15, -0.1) is 6.42 Å². The van der Waals surface area contributed by atoms with E-state index in [0.29, 0.717) is 29.4 Å². The monoisotopic (exact) mass is 516 g/mol. The molecular weight excluding hydrogens is 492 g/mol. The van der Waals surface area contributed by atoms with E-state index in [1.807, 2.05) is 61.5 Å². The summed E-state index contributed by atoms with van der Waals surface area (Å²) in [6.45, 7) is 2.40. The summed E-state index contributed by atoms with van der Waals surface area (Å²) < 4.78 is 11.5. The van der Waals surface area contributed by atoms with Crippen LogP contribution in [0.15, 0.2) is 90.5 Å². The average molecular weight is 517 g/mol. The molecule has 1 fully saturated rings. The predicted octanol–water partition coefficient (Wildman–Crippen LogP) is 5.41. The summed E-state index contributed by atoms with van der Waals surface area (Å²) in [5, 5.41) is 3.91. The Bertz CT molecular complexity index is 1650. The summed E-state index contributed by atoms with van der Waals surface area (Å²) in [5.41, 5.74) is 2.77. The van der Waals surface area contributed by atoms with Gasteiger partial charge in [0.1, 0.15) is 30.3 Å². The molecule has 5 rings (SSSR count). The molecule has 0 saturated carbocycles. The van der Waals surface area contributed by atoms with E-state index in [4.69, 9.17) is 15.9 Å². The van der Waals surface area contributed by atoms with E-state index in [0.717, 1.165) is 26.8 Å². The highest BCUT2D eigenvalue weighted by molar-refractivity contribution is 6.39. The Kier molecular flexibility index (Phi) is 7.11. The molecule has 39 heavy (non-hydrogen) atoms. The first kappa shape index (κ1) is 25.3. The lowest BCUT2D eigenvalue weighted by Gasteiger charge is -2.26. The zero-order valence-electron chi connectivity index (χ0n) is 21.1. The smallest absolute Gasteiger partial charge is 0.335 e. The third-order valence-corrected chi connectivity index (χ3v) is 6.25. The molecule has 1 N–H and O–H groups in total. The van der Waals surface area contributed by atoms with Crippen LogP contribution >= 0.6 is 0 Å². The Morgan fingerprint density at radius 1 is 0.897 bits per heavy atom. The number of carbonyl (C=O) groups excluding carboxylic acids is 3. The quantitative estimate of drug-likeness (QED) is 0.202. The number of terminal acetylenes is 1. The first-order valence-corrected chi connectivity index (χ1v) is 12.2. The Morgan fingerprint density at radius 3 is 2.38 bits per heavy atom. The molecule has 4 amide bonds. The van der Waals surface area contributed by atoms with Gasteiger partial charge in [0.05, 0.1) is 5.69 Å². The Hall–Kier alpha value is -5.35. The molecule has 7 heteroatoms. The Labute approximate surface area is 225 Å². The molecule has 192 valence electrons. The number of amides is 4. The van der Waals surface area contributed by atoms with Gasteiger partial charge in [0.15, 0.2) is 0 Å². The van der Waals surface area contributed by atoms with Crippen molar-refractivity contribution < 1.29 is 23.9 Å². The fraction of sp³-hybridized carbons (Fsp3) is 0.0938. The number of nitrogens with one attached hydrogen (secondary N) is 1. The second-order valence-electron chi connectivity index (χ2n) is 8.92. The summed E-state index contributed by atoms with van der Waals surface area (Å²) in [5.74, 6) is 1.85. The van der Waals surface area contributed by atoms with Crippen LogP contribution < -0.4 is 19.7 Å². The van der Waals surface area contributed by atoms with Gasteiger partial charge in [-0.05, 0) is 59.7 Å². The fourth-order valence-electron chi connectivity index (χ4n) is 4.25. The lowest BCUT2D eigenvalue weighted by molar-refractivity contribution is -0.122. The van der Waals surface area contributed by atoms with Crippen LogP contribution in [-0.4, -0.2) is 24.5 Å². The fourth-order valence-corrected chi connectivity index (χ4v) is 4.25. The molecule has 0 atom stereocenters. The number of ether oxygens (including phenoxy) is 2. The highest BCUT2D eigenvalue weighted by Crippen LogP contribution is 2.32. The number of anilines is 1. The van der Waals surface area contributed by atoms with E-state index in [1.54, 1.807) is 30.3 Å². The van der Waals surface area contributed by atoms with Gasteiger partial charge in [0, 0.05) is 5.56 Å². The topological polar surface area (TPSA) is 84.9 Å². The minimum atomic E-state index is -0.836. The van der Waals surface area contributed by atoms with Gasteiger partial charge in [-0.25, -0.2) is 9.69 Å². The molecule has 0 spiro atoms. The number of fused-ring (bicyclic) bond motifs is 1. The molecular formula is C32H24N2O5. The van der Waals surface area contributed by atoms with E-state index in [1.165, 1.54) is 6.08 Å². The van der Waals surface area contributed by atoms with Crippen molar-refractivity contribution >= 4 is 40.4 Å². The minimum Gasteiger partial charge on any atom is -0.489 e. The van der Waals surface area contributed by atoms with Crippen LogP contribution in [0.25, 0.3) is 16.8 Å². The van der Waals surface area contributed by atoms with Gasteiger partial charge < -0.3 is 9.47 Å². The van der Waals surface area contributed by atoms with Crippen molar-refractivity contribution in [3.05, 3.63) is 107 Å². The number of carbonyl (C=O) groups is 3. The van der Waals surface area contributed by atoms with Crippen molar-refractivity contribution in [2.24, 2.45) is 0 Å². The molecule has 4 aromatic rings. The second kappa shape index (κ2) is 11.0. The zero-order valence-corrected chi connectivity index (χ0v) is 21.1. The van der Waals surface area contributed by atoms with Gasteiger partial charge in [-0.2, -0.15) is 0 Å². The third kappa shape index (κ3) is 5.36. The third-order valence-electron chi connectivity index (χ3n) is 6.25. The highest BCUT2D eigenvalue weighted by atomic mass is 16.5. The zero-order chi connectivity index (χ0) is 27.4. The number of aryl methyl sites for hydroxylation is 1. The van der Waals surface area contributed by atoms with Crippen LogP contribution in [0.5, 0.6) is 11.5 Å². The molecule has 7 nitrogen and oxygen atoms in total. The minimum absolute atomic E-state index is 0.0115. The molecule has 1 aliphatic heterocycles. The van der Waals surface area contributed by atoms with Gasteiger partial charge in [-0.3, -0.25) is 14.9 Å². The molecule has 1 aliphatic rings. The van der Waals surface area contributed by atoms with Gasteiger partial charge in [0.25, 0.3) is 11.8 Å². The van der Waals surface area contributed by atoms with Crippen molar-refractivity contribution in [3.8, 4) is 23.8 Å². The number of hydrogen-bond donors (Lipinski definition) is 1. The van der Waals surface area contributed by atoms with E-state index in [9.17, 15) is 14.4 Å².